The molecule has 0 amide bonds. The van der Waals surface area contributed by atoms with Gasteiger partial charge in [0.05, 0.1) is 10.9 Å². The molecule has 2 aromatic carbocycles. The first-order valence-corrected chi connectivity index (χ1v) is 12.0. The normalized spacial score (nSPS) is 16.7. The van der Waals surface area contributed by atoms with Crippen LogP contribution in [0.2, 0.25) is 0 Å². The molecular weight excluding hydrogens is 428 g/mol. The molecular formula is C23H26N4O4S. The zero-order valence-corrected chi connectivity index (χ0v) is 19.2. The molecule has 3 aromatic rings. The van der Waals surface area contributed by atoms with E-state index >= 15 is 0 Å². The van der Waals surface area contributed by atoms with Crippen molar-refractivity contribution >= 4 is 15.8 Å². The molecule has 0 N–H and O–H groups in total. The van der Waals surface area contributed by atoms with Gasteiger partial charge in [-0.3, -0.25) is 9.69 Å². The van der Waals surface area contributed by atoms with E-state index in [4.69, 9.17) is 4.52 Å². The van der Waals surface area contributed by atoms with Gasteiger partial charge < -0.3 is 4.52 Å². The molecule has 0 radical (unpaired) electrons. The van der Waals surface area contributed by atoms with Crippen LogP contribution in [0.1, 0.15) is 41.7 Å². The van der Waals surface area contributed by atoms with Gasteiger partial charge in [-0.25, -0.2) is 8.42 Å². The Morgan fingerprint density at radius 1 is 1.00 bits per heavy atom. The zero-order valence-electron chi connectivity index (χ0n) is 18.4. The molecule has 9 heteroatoms. The number of rotatable bonds is 6. The fourth-order valence-electron chi connectivity index (χ4n) is 3.72. The van der Waals surface area contributed by atoms with Gasteiger partial charge in [0.25, 0.3) is 0 Å². The SMILES string of the molecule is CC(=O)c1ccc(S(=O)(=O)N2CCN([C@H](C)c3nc(-c4ccc(C)cc4)no3)CC2)cc1. The van der Waals surface area contributed by atoms with Gasteiger partial charge in [0.2, 0.25) is 21.7 Å². The lowest BCUT2D eigenvalue weighted by Gasteiger charge is -2.36. The van der Waals surface area contributed by atoms with Gasteiger partial charge in [0.1, 0.15) is 0 Å². The Morgan fingerprint density at radius 2 is 1.62 bits per heavy atom. The molecule has 4 rings (SSSR count). The van der Waals surface area contributed by atoms with Crippen LogP contribution in [-0.4, -0.2) is 59.7 Å². The van der Waals surface area contributed by atoms with Gasteiger partial charge in [-0.05, 0) is 32.9 Å². The minimum atomic E-state index is -3.61. The lowest BCUT2D eigenvalue weighted by atomic mass is 10.1. The van der Waals surface area contributed by atoms with E-state index in [0.717, 1.165) is 11.1 Å². The summed E-state index contributed by atoms with van der Waals surface area (Å²) in [6.07, 6.45) is 0. The predicted molar refractivity (Wildman–Crippen MR) is 120 cm³/mol. The van der Waals surface area contributed by atoms with Gasteiger partial charge in [0, 0.05) is 37.3 Å². The standard InChI is InChI=1S/C23H26N4O4S/c1-16-4-6-20(7-5-16)22-24-23(31-25-22)17(2)26-12-14-27(15-13-26)32(29,30)21-10-8-19(9-11-21)18(3)28/h4-11,17H,12-15H2,1-3H3/t17-/m1/s1. The summed E-state index contributed by atoms with van der Waals surface area (Å²) in [6, 6.07) is 13.9. The number of hydrogen-bond acceptors (Lipinski definition) is 7. The topological polar surface area (TPSA) is 96.6 Å². The first-order chi connectivity index (χ1) is 15.3. The van der Waals surface area contributed by atoms with Crippen LogP contribution in [0.4, 0.5) is 0 Å². The maximum Gasteiger partial charge on any atom is 0.244 e. The lowest BCUT2D eigenvalue weighted by molar-refractivity contribution is 0.101. The predicted octanol–water partition coefficient (Wildman–Crippen LogP) is 3.32. The van der Waals surface area contributed by atoms with Crippen LogP contribution >= 0.6 is 0 Å². The number of sulfonamides is 1. The van der Waals surface area contributed by atoms with Gasteiger partial charge in [-0.15, -0.1) is 0 Å². The molecule has 1 aliphatic heterocycles. The number of aryl methyl sites for hydroxylation is 1. The van der Waals surface area contributed by atoms with Crippen LogP contribution in [0.5, 0.6) is 0 Å². The smallest absolute Gasteiger partial charge is 0.244 e. The van der Waals surface area contributed by atoms with Crippen LogP contribution in [0.15, 0.2) is 57.9 Å². The maximum atomic E-state index is 13.0. The number of carbonyl (C=O) groups excluding carboxylic acids is 1. The van der Waals surface area contributed by atoms with Gasteiger partial charge in [-0.2, -0.15) is 9.29 Å². The summed E-state index contributed by atoms with van der Waals surface area (Å²) in [5.74, 6) is 0.960. The van der Waals surface area contributed by atoms with Crippen LogP contribution in [0, 0.1) is 6.92 Å². The summed E-state index contributed by atoms with van der Waals surface area (Å²) in [4.78, 5) is 18.3. The second-order valence-corrected chi connectivity index (χ2v) is 9.96. The van der Waals surface area contributed by atoms with E-state index in [1.807, 2.05) is 38.1 Å². The summed E-state index contributed by atoms with van der Waals surface area (Å²) >= 11 is 0. The Morgan fingerprint density at radius 3 is 2.22 bits per heavy atom. The Hall–Kier alpha value is -2.88. The van der Waals surface area contributed by atoms with Crippen LogP contribution in [0.25, 0.3) is 11.4 Å². The Bertz CT molecular complexity index is 1200. The highest BCUT2D eigenvalue weighted by atomic mass is 32.2. The quantitative estimate of drug-likeness (QED) is 0.527. The van der Waals surface area contributed by atoms with E-state index in [-0.39, 0.29) is 16.7 Å². The fraction of sp³-hybridized carbons (Fsp3) is 0.348. The average molecular weight is 455 g/mol. The van der Waals surface area contributed by atoms with Gasteiger partial charge >= 0.3 is 0 Å². The molecule has 1 aliphatic rings. The van der Waals surface area contributed by atoms with Crippen molar-refractivity contribution in [1.29, 1.82) is 0 Å². The van der Waals surface area contributed by atoms with Crippen molar-refractivity contribution < 1.29 is 17.7 Å². The fourth-order valence-corrected chi connectivity index (χ4v) is 5.15. The second-order valence-electron chi connectivity index (χ2n) is 8.02. The first kappa shape index (κ1) is 22.3. The molecule has 32 heavy (non-hydrogen) atoms. The molecule has 0 spiro atoms. The zero-order chi connectivity index (χ0) is 22.9. The van der Waals surface area contributed by atoms with E-state index in [1.54, 1.807) is 12.1 Å². The highest BCUT2D eigenvalue weighted by molar-refractivity contribution is 7.89. The molecule has 1 saturated heterocycles. The molecule has 0 saturated carbocycles. The van der Waals surface area contributed by atoms with Crippen LogP contribution < -0.4 is 0 Å². The minimum Gasteiger partial charge on any atom is -0.337 e. The van der Waals surface area contributed by atoms with Crippen LogP contribution in [-0.2, 0) is 10.0 Å². The maximum absolute atomic E-state index is 13.0. The molecule has 0 unspecified atom stereocenters. The highest BCUT2D eigenvalue weighted by Crippen LogP contribution is 2.25. The van der Waals surface area contributed by atoms with E-state index in [2.05, 4.69) is 15.0 Å². The molecule has 168 valence electrons. The van der Waals surface area contributed by atoms with Crippen LogP contribution in [0.3, 0.4) is 0 Å². The third-order valence-electron chi connectivity index (χ3n) is 5.83. The summed E-state index contributed by atoms with van der Waals surface area (Å²) in [5, 5.41) is 4.10. The summed E-state index contributed by atoms with van der Waals surface area (Å²) in [6.45, 7) is 7.28. The molecule has 1 fully saturated rings. The van der Waals surface area contributed by atoms with Crippen molar-refractivity contribution in [3.05, 3.63) is 65.5 Å². The summed E-state index contributed by atoms with van der Waals surface area (Å²) in [7, 11) is -3.61. The number of Topliss-reactive ketones (excluding diaryl/α,β-unsaturated/α-hetero) is 1. The second kappa shape index (κ2) is 8.93. The molecule has 1 atom stereocenters. The molecule has 0 aliphatic carbocycles. The Kier molecular flexibility index (Phi) is 6.23. The number of nitrogens with zero attached hydrogens (tertiary/aromatic N) is 4. The van der Waals surface area contributed by atoms with E-state index in [9.17, 15) is 13.2 Å². The number of carbonyl (C=O) groups is 1. The first-order valence-electron chi connectivity index (χ1n) is 10.5. The van der Waals surface area contributed by atoms with E-state index in [0.29, 0.717) is 43.5 Å². The van der Waals surface area contributed by atoms with Crippen molar-refractivity contribution in [2.75, 3.05) is 26.2 Å². The van der Waals surface area contributed by atoms with Crippen molar-refractivity contribution in [1.82, 2.24) is 19.3 Å². The summed E-state index contributed by atoms with van der Waals surface area (Å²) < 4.78 is 32.9. The average Bonchev–Trinajstić information content (AvgIpc) is 3.29. The third kappa shape index (κ3) is 4.50. The number of aromatic nitrogens is 2. The minimum absolute atomic E-state index is 0.0943. The number of benzene rings is 2. The third-order valence-corrected chi connectivity index (χ3v) is 7.74. The van der Waals surface area contributed by atoms with Gasteiger partial charge in [-0.1, -0.05) is 47.1 Å². The van der Waals surface area contributed by atoms with Crippen molar-refractivity contribution in [2.24, 2.45) is 0 Å². The van der Waals surface area contributed by atoms with E-state index in [1.165, 1.54) is 23.4 Å². The highest BCUT2D eigenvalue weighted by Gasteiger charge is 2.32. The van der Waals surface area contributed by atoms with Crippen molar-refractivity contribution in [3.8, 4) is 11.4 Å². The lowest BCUT2D eigenvalue weighted by Crippen LogP contribution is -2.49. The Balaban J connectivity index is 1.41. The number of piperazine rings is 1. The monoisotopic (exact) mass is 454 g/mol. The molecule has 2 heterocycles. The van der Waals surface area contributed by atoms with Crippen molar-refractivity contribution in [2.45, 2.75) is 31.7 Å². The van der Waals surface area contributed by atoms with E-state index < -0.39 is 10.0 Å². The molecule has 0 bridgehead atoms. The van der Waals surface area contributed by atoms with Gasteiger partial charge in [0.15, 0.2) is 5.78 Å². The Labute approximate surface area is 187 Å². The number of ketones is 1. The molecule has 1 aromatic heterocycles. The van der Waals surface area contributed by atoms with Crippen molar-refractivity contribution in [3.63, 3.8) is 0 Å². The largest absolute Gasteiger partial charge is 0.337 e. The molecule has 8 nitrogen and oxygen atoms in total. The summed E-state index contributed by atoms with van der Waals surface area (Å²) in [5.41, 5.74) is 2.55. The number of hydrogen-bond donors (Lipinski definition) is 0.